The highest BCUT2D eigenvalue weighted by Gasteiger charge is 2.16. The number of hydrogen-bond donors (Lipinski definition) is 2. The number of aryl methyl sites for hydroxylation is 1. The summed E-state index contributed by atoms with van der Waals surface area (Å²) in [5.74, 6) is 2.43. The number of halogens is 1. The topological polar surface area (TPSA) is 41.1 Å². The Hall–Kier alpha value is -0.520. The summed E-state index contributed by atoms with van der Waals surface area (Å²) in [6.07, 6.45) is 0. The van der Waals surface area contributed by atoms with Crippen molar-refractivity contribution in [3.63, 3.8) is 0 Å². The van der Waals surface area contributed by atoms with Gasteiger partial charge >= 0.3 is 0 Å². The SMILES string of the molecule is Cc1cc(Br)ccc1NC(=O)CSCC1CNC1. The first-order valence-electron chi connectivity index (χ1n) is 5.99. The molecule has 1 aromatic rings. The standard InChI is InChI=1S/C13H17BrN2OS/c1-9-4-11(14)2-3-12(9)16-13(17)8-18-7-10-5-15-6-10/h2-4,10,15H,5-8H2,1H3,(H,16,17). The molecule has 2 N–H and O–H groups in total. The molecule has 1 aromatic carbocycles. The van der Waals surface area contributed by atoms with Gasteiger partial charge in [0.05, 0.1) is 5.75 Å². The van der Waals surface area contributed by atoms with Crippen LogP contribution in [0.15, 0.2) is 22.7 Å². The molecule has 1 fully saturated rings. The van der Waals surface area contributed by atoms with Crippen molar-refractivity contribution in [3.05, 3.63) is 28.2 Å². The minimum Gasteiger partial charge on any atom is -0.325 e. The predicted molar refractivity (Wildman–Crippen MR) is 81.2 cm³/mol. The third kappa shape index (κ3) is 4.00. The van der Waals surface area contributed by atoms with Gasteiger partial charge in [-0.15, -0.1) is 0 Å². The van der Waals surface area contributed by atoms with Crippen LogP contribution in [-0.4, -0.2) is 30.5 Å². The molecule has 0 radical (unpaired) electrons. The van der Waals surface area contributed by atoms with Crippen LogP contribution in [-0.2, 0) is 4.79 Å². The van der Waals surface area contributed by atoms with E-state index in [1.54, 1.807) is 11.8 Å². The fourth-order valence-electron chi connectivity index (χ4n) is 1.74. The van der Waals surface area contributed by atoms with Gasteiger partial charge in [0.2, 0.25) is 5.91 Å². The van der Waals surface area contributed by atoms with E-state index in [2.05, 4.69) is 26.6 Å². The van der Waals surface area contributed by atoms with Gasteiger partial charge in [-0.05, 0) is 55.4 Å². The van der Waals surface area contributed by atoms with E-state index in [0.29, 0.717) is 5.75 Å². The molecule has 3 nitrogen and oxygen atoms in total. The van der Waals surface area contributed by atoms with Crippen LogP contribution in [0.3, 0.4) is 0 Å². The van der Waals surface area contributed by atoms with Gasteiger partial charge in [0, 0.05) is 10.2 Å². The summed E-state index contributed by atoms with van der Waals surface area (Å²) in [5.41, 5.74) is 1.97. The van der Waals surface area contributed by atoms with Gasteiger partial charge in [-0.3, -0.25) is 4.79 Å². The molecule has 18 heavy (non-hydrogen) atoms. The Morgan fingerprint density at radius 3 is 2.94 bits per heavy atom. The lowest BCUT2D eigenvalue weighted by Gasteiger charge is -2.26. The lowest BCUT2D eigenvalue weighted by Crippen LogP contribution is -2.43. The monoisotopic (exact) mass is 328 g/mol. The van der Waals surface area contributed by atoms with Gasteiger partial charge in [0.1, 0.15) is 0 Å². The zero-order chi connectivity index (χ0) is 13.0. The van der Waals surface area contributed by atoms with Gasteiger partial charge < -0.3 is 10.6 Å². The third-order valence-corrected chi connectivity index (χ3v) is 4.58. The molecule has 1 heterocycles. The minimum absolute atomic E-state index is 0.0812. The van der Waals surface area contributed by atoms with Gasteiger partial charge in [-0.1, -0.05) is 15.9 Å². The van der Waals surface area contributed by atoms with Crippen LogP contribution in [0.5, 0.6) is 0 Å². The van der Waals surface area contributed by atoms with Crippen molar-refractivity contribution in [3.8, 4) is 0 Å². The largest absolute Gasteiger partial charge is 0.325 e. The van der Waals surface area contributed by atoms with Crippen LogP contribution in [0.4, 0.5) is 5.69 Å². The van der Waals surface area contributed by atoms with Crippen molar-refractivity contribution in [1.29, 1.82) is 0 Å². The number of thioether (sulfide) groups is 1. The number of carbonyl (C=O) groups is 1. The maximum absolute atomic E-state index is 11.8. The van der Waals surface area contributed by atoms with E-state index >= 15 is 0 Å². The molecule has 0 aromatic heterocycles. The van der Waals surface area contributed by atoms with E-state index in [9.17, 15) is 4.79 Å². The zero-order valence-corrected chi connectivity index (χ0v) is 12.7. The molecule has 0 unspecified atom stereocenters. The molecule has 0 bridgehead atoms. The Kier molecular flexibility index (Phi) is 5.09. The van der Waals surface area contributed by atoms with Crippen LogP contribution < -0.4 is 10.6 Å². The van der Waals surface area contributed by atoms with E-state index in [-0.39, 0.29) is 5.91 Å². The van der Waals surface area contributed by atoms with Crippen molar-refractivity contribution in [2.24, 2.45) is 5.92 Å². The second kappa shape index (κ2) is 6.59. The van der Waals surface area contributed by atoms with E-state index in [4.69, 9.17) is 0 Å². The second-order valence-electron chi connectivity index (χ2n) is 4.55. The van der Waals surface area contributed by atoms with Crippen molar-refractivity contribution >= 4 is 39.3 Å². The van der Waals surface area contributed by atoms with Gasteiger partial charge in [-0.2, -0.15) is 11.8 Å². The minimum atomic E-state index is 0.0812. The molecule has 0 atom stereocenters. The molecule has 1 saturated heterocycles. The van der Waals surface area contributed by atoms with Crippen LogP contribution in [0.25, 0.3) is 0 Å². The number of hydrogen-bond acceptors (Lipinski definition) is 3. The number of carbonyl (C=O) groups excluding carboxylic acids is 1. The summed E-state index contributed by atoms with van der Waals surface area (Å²) in [7, 11) is 0. The highest BCUT2D eigenvalue weighted by atomic mass is 79.9. The van der Waals surface area contributed by atoms with E-state index < -0.39 is 0 Å². The molecular formula is C13H17BrN2OS. The van der Waals surface area contributed by atoms with Crippen LogP contribution in [0.2, 0.25) is 0 Å². The lowest BCUT2D eigenvalue weighted by molar-refractivity contribution is -0.113. The number of rotatable bonds is 5. The molecule has 1 amide bonds. The smallest absolute Gasteiger partial charge is 0.234 e. The number of amides is 1. The molecule has 0 aliphatic carbocycles. The molecule has 98 valence electrons. The first-order valence-corrected chi connectivity index (χ1v) is 7.94. The number of nitrogens with one attached hydrogen (secondary N) is 2. The fraction of sp³-hybridized carbons (Fsp3) is 0.462. The first kappa shape index (κ1) is 13.9. The Labute approximate surface area is 120 Å². The van der Waals surface area contributed by atoms with Crippen LogP contribution >= 0.6 is 27.7 Å². The molecule has 2 rings (SSSR count). The predicted octanol–water partition coefficient (Wildman–Crippen LogP) is 2.65. The Morgan fingerprint density at radius 2 is 2.33 bits per heavy atom. The van der Waals surface area contributed by atoms with Crippen LogP contribution in [0.1, 0.15) is 5.56 Å². The van der Waals surface area contributed by atoms with Gasteiger partial charge in [0.25, 0.3) is 0 Å². The average Bonchev–Trinajstić information content (AvgIpc) is 2.26. The summed E-state index contributed by atoms with van der Waals surface area (Å²) >= 11 is 5.12. The Balaban J connectivity index is 1.75. The molecule has 5 heteroatoms. The fourth-order valence-corrected chi connectivity index (χ4v) is 3.16. The summed E-state index contributed by atoms with van der Waals surface area (Å²) < 4.78 is 1.03. The molecular weight excluding hydrogens is 312 g/mol. The number of anilines is 1. The van der Waals surface area contributed by atoms with Crippen molar-refractivity contribution < 1.29 is 4.79 Å². The van der Waals surface area contributed by atoms with E-state index in [1.165, 1.54) is 0 Å². The average molecular weight is 329 g/mol. The molecule has 0 saturated carbocycles. The molecule has 0 spiro atoms. The highest BCUT2D eigenvalue weighted by Crippen LogP contribution is 2.20. The molecule has 1 aliphatic heterocycles. The maximum atomic E-state index is 11.8. The van der Waals surface area contributed by atoms with E-state index in [1.807, 2.05) is 25.1 Å². The summed E-state index contributed by atoms with van der Waals surface area (Å²) in [5, 5.41) is 6.18. The summed E-state index contributed by atoms with van der Waals surface area (Å²) in [6, 6.07) is 5.87. The van der Waals surface area contributed by atoms with Crippen molar-refractivity contribution in [2.75, 3.05) is 29.9 Å². The van der Waals surface area contributed by atoms with Gasteiger partial charge in [-0.25, -0.2) is 0 Å². The molecule has 1 aliphatic rings. The maximum Gasteiger partial charge on any atom is 0.234 e. The Morgan fingerprint density at radius 1 is 1.56 bits per heavy atom. The highest BCUT2D eigenvalue weighted by molar-refractivity contribution is 9.10. The van der Waals surface area contributed by atoms with E-state index in [0.717, 1.165) is 40.5 Å². The van der Waals surface area contributed by atoms with Gasteiger partial charge in [0.15, 0.2) is 0 Å². The quantitative estimate of drug-likeness (QED) is 0.873. The van der Waals surface area contributed by atoms with Crippen molar-refractivity contribution in [1.82, 2.24) is 5.32 Å². The van der Waals surface area contributed by atoms with Crippen molar-refractivity contribution in [2.45, 2.75) is 6.92 Å². The lowest BCUT2D eigenvalue weighted by atomic mass is 10.1. The summed E-state index contributed by atoms with van der Waals surface area (Å²) in [6.45, 7) is 4.19. The first-order chi connectivity index (χ1) is 8.65. The summed E-state index contributed by atoms with van der Waals surface area (Å²) in [4.78, 5) is 11.8. The van der Waals surface area contributed by atoms with Crippen LogP contribution in [0, 0.1) is 12.8 Å². The zero-order valence-electron chi connectivity index (χ0n) is 10.3. The Bertz CT molecular complexity index is 435. The number of benzene rings is 1. The third-order valence-electron chi connectivity index (χ3n) is 2.92. The normalized spacial score (nSPS) is 15.2. The second-order valence-corrected chi connectivity index (χ2v) is 6.49.